The number of hydrogen-bond donors (Lipinski definition) is 0. The Morgan fingerprint density at radius 1 is 1.07 bits per heavy atom. The van der Waals surface area contributed by atoms with Crippen molar-refractivity contribution >= 4 is 17.4 Å². The van der Waals surface area contributed by atoms with E-state index < -0.39 is 11.7 Å². The van der Waals surface area contributed by atoms with Gasteiger partial charge in [-0.3, -0.25) is 4.40 Å². The molecule has 6 nitrogen and oxygen atoms in total. The predicted molar refractivity (Wildman–Crippen MR) is 92.0 cm³/mol. The second kappa shape index (κ2) is 6.69. The van der Waals surface area contributed by atoms with Gasteiger partial charge in [0, 0.05) is 11.8 Å². The van der Waals surface area contributed by atoms with Gasteiger partial charge in [0.05, 0.1) is 11.3 Å². The molecule has 0 saturated carbocycles. The topological polar surface area (TPSA) is 69.1 Å². The van der Waals surface area contributed by atoms with Gasteiger partial charge in [-0.05, 0) is 19.1 Å². The molecular formula is C17H12F3N5OS. The molecule has 0 aliphatic heterocycles. The molecule has 0 radical (unpaired) electrons. The van der Waals surface area contributed by atoms with Crippen molar-refractivity contribution < 1.29 is 17.7 Å². The van der Waals surface area contributed by atoms with Crippen molar-refractivity contribution in [2.24, 2.45) is 0 Å². The molecule has 0 atom stereocenters. The van der Waals surface area contributed by atoms with Crippen LogP contribution in [0.25, 0.3) is 17.0 Å². The second-order valence-corrected chi connectivity index (χ2v) is 6.74. The molecule has 0 aliphatic carbocycles. The molecular weight excluding hydrogens is 379 g/mol. The number of hydrogen-bond acceptors (Lipinski definition) is 6. The van der Waals surface area contributed by atoms with Crippen molar-refractivity contribution in [1.29, 1.82) is 0 Å². The number of halogens is 3. The minimum absolute atomic E-state index is 0.260. The fourth-order valence-electron chi connectivity index (χ4n) is 2.40. The Bertz CT molecular complexity index is 1090. The molecule has 4 aromatic rings. The number of thioether (sulfide) groups is 1. The third kappa shape index (κ3) is 3.65. The molecule has 0 bridgehead atoms. The fraction of sp³-hybridized carbons (Fsp3) is 0.176. The summed E-state index contributed by atoms with van der Waals surface area (Å²) in [7, 11) is 0. The molecule has 3 aromatic heterocycles. The first-order chi connectivity index (χ1) is 12.9. The van der Waals surface area contributed by atoms with E-state index in [1.165, 1.54) is 22.2 Å². The highest BCUT2D eigenvalue weighted by Gasteiger charge is 2.31. The van der Waals surface area contributed by atoms with Gasteiger partial charge in [0.15, 0.2) is 10.8 Å². The van der Waals surface area contributed by atoms with E-state index in [4.69, 9.17) is 4.52 Å². The minimum Gasteiger partial charge on any atom is -0.338 e. The van der Waals surface area contributed by atoms with Gasteiger partial charge in [0.2, 0.25) is 11.7 Å². The summed E-state index contributed by atoms with van der Waals surface area (Å²) in [5.41, 5.74) is 1.51. The molecule has 0 amide bonds. The number of nitrogens with zero attached hydrogens (tertiary/aromatic N) is 5. The molecule has 27 heavy (non-hydrogen) atoms. The second-order valence-electron chi connectivity index (χ2n) is 5.79. The summed E-state index contributed by atoms with van der Waals surface area (Å²) >= 11 is 1.17. The van der Waals surface area contributed by atoms with E-state index in [1.54, 1.807) is 0 Å². The summed E-state index contributed by atoms with van der Waals surface area (Å²) in [4.78, 5) is 4.31. The maximum absolute atomic E-state index is 12.9. The van der Waals surface area contributed by atoms with E-state index in [1.807, 2.05) is 31.2 Å². The van der Waals surface area contributed by atoms with E-state index in [0.29, 0.717) is 22.5 Å². The lowest BCUT2D eigenvalue weighted by Gasteiger charge is -2.06. The van der Waals surface area contributed by atoms with Crippen molar-refractivity contribution in [3.63, 3.8) is 0 Å². The largest absolute Gasteiger partial charge is 0.417 e. The molecule has 1 aromatic carbocycles. The van der Waals surface area contributed by atoms with Gasteiger partial charge < -0.3 is 4.52 Å². The lowest BCUT2D eigenvalue weighted by Crippen LogP contribution is -2.06. The van der Waals surface area contributed by atoms with Crippen molar-refractivity contribution in [3.8, 4) is 11.4 Å². The van der Waals surface area contributed by atoms with E-state index in [-0.39, 0.29) is 5.75 Å². The fourth-order valence-corrected chi connectivity index (χ4v) is 3.15. The first-order valence-corrected chi connectivity index (χ1v) is 8.83. The quantitative estimate of drug-likeness (QED) is 0.481. The van der Waals surface area contributed by atoms with Crippen molar-refractivity contribution in [1.82, 2.24) is 24.7 Å². The number of fused-ring (bicyclic) bond motifs is 1. The van der Waals surface area contributed by atoms with Crippen LogP contribution in [0.15, 0.2) is 52.3 Å². The smallest absolute Gasteiger partial charge is 0.338 e. The van der Waals surface area contributed by atoms with E-state index in [0.717, 1.165) is 23.4 Å². The zero-order chi connectivity index (χ0) is 19.0. The van der Waals surface area contributed by atoms with Gasteiger partial charge in [-0.25, -0.2) is 0 Å². The number of aromatic nitrogens is 5. The number of aryl methyl sites for hydroxylation is 1. The highest BCUT2D eigenvalue weighted by Crippen LogP contribution is 2.30. The third-order valence-electron chi connectivity index (χ3n) is 3.80. The Morgan fingerprint density at radius 3 is 2.59 bits per heavy atom. The summed E-state index contributed by atoms with van der Waals surface area (Å²) < 4.78 is 45.2. The van der Waals surface area contributed by atoms with Crippen LogP contribution in [-0.2, 0) is 11.9 Å². The van der Waals surface area contributed by atoms with Gasteiger partial charge in [-0.1, -0.05) is 46.7 Å². The maximum Gasteiger partial charge on any atom is 0.417 e. The molecule has 0 unspecified atom stereocenters. The molecule has 138 valence electrons. The first kappa shape index (κ1) is 17.5. The summed E-state index contributed by atoms with van der Waals surface area (Å²) in [6.45, 7) is 1.98. The summed E-state index contributed by atoms with van der Waals surface area (Å²) in [6.07, 6.45) is -3.46. The van der Waals surface area contributed by atoms with Crippen LogP contribution in [0.1, 0.15) is 17.0 Å². The van der Waals surface area contributed by atoms with Crippen LogP contribution in [0, 0.1) is 6.92 Å². The maximum atomic E-state index is 12.9. The monoisotopic (exact) mass is 391 g/mol. The first-order valence-electron chi connectivity index (χ1n) is 7.84. The molecule has 4 rings (SSSR count). The van der Waals surface area contributed by atoms with Crippen LogP contribution in [-0.4, -0.2) is 24.7 Å². The van der Waals surface area contributed by atoms with Crippen LogP contribution in [0.2, 0.25) is 0 Å². The van der Waals surface area contributed by atoms with Crippen LogP contribution < -0.4 is 0 Å². The van der Waals surface area contributed by atoms with Crippen LogP contribution in [0.5, 0.6) is 0 Å². The SMILES string of the molecule is Cc1ccc(-c2noc(CSc3nnc4ccc(C(F)(F)F)cn34)n2)cc1. The molecule has 0 N–H and O–H groups in total. The summed E-state index contributed by atoms with van der Waals surface area (Å²) in [6, 6.07) is 9.93. The Hall–Kier alpha value is -2.88. The molecule has 0 aliphatic rings. The Kier molecular flexibility index (Phi) is 4.34. The highest BCUT2D eigenvalue weighted by molar-refractivity contribution is 7.98. The van der Waals surface area contributed by atoms with E-state index >= 15 is 0 Å². The van der Waals surface area contributed by atoms with E-state index in [9.17, 15) is 13.2 Å². The Morgan fingerprint density at radius 2 is 1.85 bits per heavy atom. The van der Waals surface area contributed by atoms with Crippen molar-refractivity contribution in [2.45, 2.75) is 24.0 Å². The summed E-state index contributed by atoms with van der Waals surface area (Å²) in [5, 5.41) is 12.0. The lowest BCUT2D eigenvalue weighted by molar-refractivity contribution is -0.137. The van der Waals surface area contributed by atoms with Crippen LogP contribution in [0.3, 0.4) is 0 Å². The number of pyridine rings is 1. The Balaban J connectivity index is 1.53. The normalized spacial score (nSPS) is 12.0. The zero-order valence-corrected chi connectivity index (χ0v) is 14.8. The van der Waals surface area contributed by atoms with Crippen molar-refractivity contribution in [2.75, 3.05) is 0 Å². The van der Waals surface area contributed by atoms with Crippen LogP contribution in [0.4, 0.5) is 13.2 Å². The average Bonchev–Trinajstić information content (AvgIpc) is 3.26. The third-order valence-corrected chi connectivity index (χ3v) is 4.73. The van der Waals surface area contributed by atoms with Gasteiger partial charge in [-0.2, -0.15) is 18.2 Å². The highest BCUT2D eigenvalue weighted by atomic mass is 32.2. The lowest BCUT2D eigenvalue weighted by atomic mass is 10.1. The predicted octanol–water partition coefficient (Wildman–Crippen LogP) is 4.40. The molecule has 0 saturated heterocycles. The number of rotatable bonds is 4. The van der Waals surface area contributed by atoms with Gasteiger partial charge in [0.25, 0.3) is 0 Å². The van der Waals surface area contributed by atoms with E-state index in [2.05, 4.69) is 20.3 Å². The van der Waals surface area contributed by atoms with Crippen molar-refractivity contribution in [3.05, 3.63) is 59.6 Å². The summed E-state index contributed by atoms with van der Waals surface area (Å²) in [5.74, 6) is 1.06. The van der Waals surface area contributed by atoms with Gasteiger partial charge >= 0.3 is 6.18 Å². The van der Waals surface area contributed by atoms with Gasteiger partial charge in [0.1, 0.15) is 0 Å². The van der Waals surface area contributed by atoms with Crippen LogP contribution >= 0.6 is 11.8 Å². The van der Waals surface area contributed by atoms with Gasteiger partial charge in [-0.15, -0.1) is 10.2 Å². The molecule has 0 fully saturated rings. The zero-order valence-electron chi connectivity index (χ0n) is 13.9. The Labute approximate surface area is 155 Å². The number of benzene rings is 1. The molecule has 10 heteroatoms. The minimum atomic E-state index is -4.43. The molecule has 3 heterocycles. The number of alkyl halides is 3. The molecule has 0 spiro atoms. The standard InChI is InChI=1S/C17H12F3N5OS/c1-10-2-4-11(5-3-10)15-21-14(26-24-15)9-27-16-23-22-13-7-6-12(8-25(13)16)17(18,19)20/h2-8H,9H2,1H3. The average molecular weight is 391 g/mol.